The van der Waals surface area contributed by atoms with E-state index in [4.69, 9.17) is 6.58 Å². The highest BCUT2D eigenvalue weighted by Gasteiger charge is 2.26. The van der Waals surface area contributed by atoms with Crippen molar-refractivity contribution in [3.8, 4) is 17.2 Å². The Balaban J connectivity index is 0.00000106. The number of nitrogens with two attached hydrogens (primary N) is 1. The van der Waals surface area contributed by atoms with Gasteiger partial charge in [0.2, 0.25) is 0 Å². The topological polar surface area (TPSA) is 65.1 Å². The van der Waals surface area contributed by atoms with Gasteiger partial charge >= 0.3 is 0 Å². The van der Waals surface area contributed by atoms with Gasteiger partial charge in [0.25, 0.3) is 0 Å². The van der Waals surface area contributed by atoms with Crippen LogP contribution < -0.4 is 16.2 Å². The molecule has 0 fully saturated rings. The Bertz CT molecular complexity index is 2400. The number of hydrazine groups is 1. The first-order valence-electron chi connectivity index (χ1n) is 22.0. The number of fused-ring (bicyclic) bond motifs is 1. The Morgan fingerprint density at radius 3 is 1.98 bits per heavy atom. The van der Waals surface area contributed by atoms with E-state index in [-0.39, 0.29) is 5.92 Å². The lowest BCUT2D eigenvalue weighted by Crippen LogP contribution is -2.21. The Kier molecular flexibility index (Phi) is 22.3. The normalized spacial score (nSPS) is 12.9. The summed E-state index contributed by atoms with van der Waals surface area (Å²) in [6.45, 7) is 19.6. The van der Waals surface area contributed by atoms with E-state index < -0.39 is 0 Å². The van der Waals surface area contributed by atoms with E-state index in [2.05, 4.69) is 192 Å². The van der Waals surface area contributed by atoms with Crippen molar-refractivity contribution in [3.63, 3.8) is 0 Å². The van der Waals surface area contributed by atoms with E-state index in [1.54, 1.807) is 7.05 Å². The van der Waals surface area contributed by atoms with Gasteiger partial charge in [-0.3, -0.25) is 11.3 Å². The lowest BCUT2D eigenvalue weighted by molar-refractivity contribution is 0.900. The number of allylic oxidation sites excluding steroid dienone is 6. The molecule has 1 aliphatic heterocycles. The molecule has 0 spiro atoms. The van der Waals surface area contributed by atoms with Crippen LogP contribution in [-0.2, 0) is 0 Å². The maximum atomic E-state index is 9.61. The standard InChI is InChI=1S/C51H42N2.3C2H6.CH6N2/c1-3-4-8-30-46(41-22-9-5-10-23-41)47-31-32-49-50(51(47)43-26-13-7-14-27-43)38(2)19-15-16-33-53(49)45-29-18-28-44(36-45)48(42-24-11-6-12-25-42)35-39-20-17-21-40(34-39)37-52;3*1-2;1-3-2/h3-15,17-32,34-36,46H,2,16,33H2,1H3;3*1-2H3;3H,2H2,1H3/b4-3-,19-15-,30-8-,48-35?;;;;. The Labute approximate surface area is 373 Å². The van der Waals surface area contributed by atoms with Crippen LogP contribution in [0.2, 0.25) is 0 Å². The average molecular weight is 819 g/mol. The van der Waals surface area contributed by atoms with Crippen LogP contribution in [0.15, 0.2) is 195 Å². The highest BCUT2D eigenvalue weighted by atomic mass is 15.2. The molecule has 0 aromatic heterocycles. The number of hydrogen-bond donors (Lipinski definition) is 2. The number of rotatable bonds is 9. The van der Waals surface area contributed by atoms with Crippen LogP contribution in [-0.4, -0.2) is 13.6 Å². The molecule has 1 heterocycles. The SMILES string of the molecule is C=C1/C=C\CCN(c2cccc(C(=Cc3cccc(C#N)c3)c3ccccc3)c2)c2ccc(C(/C=C\C=C/C)c3ccccc3)c(-c3ccccc3)c21.CC.CC.CC.CNN. The van der Waals surface area contributed by atoms with Crippen LogP contribution in [0.4, 0.5) is 11.4 Å². The molecular weight excluding hydrogens is 753 g/mol. The third-order valence-electron chi connectivity index (χ3n) is 9.71. The molecule has 6 aromatic carbocycles. The molecule has 0 bridgehead atoms. The summed E-state index contributed by atoms with van der Waals surface area (Å²) in [6, 6.07) is 55.6. The molecule has 0 saturated heterocycles. The molecule has 4 heteroatoms. The fourth-order valence-corrected chi connectivity index (χ4v) is 7.23. The van der Waals surface area contributed by atoms with E-state index in [1.165, 1.54) is 16.7 Å². The first-order valence-corrected chi connectivity index (χ1v) is 22.0. The fraction of sp³-hybridized carbons (Fsp3) is 0.190. The summed E-state index contributed by atoms with van der Waals surface area (Å²) in [6.07, 6.45) is 16.1. The van der Waals surface area contributed by atoms with E-state index in [9.17, 15) is 5.26 Å². The lowest BCUT2D eigenvalue weighted by atomic mass is 9.80. The van der Waals surface area contributed by atoms with Gasteiger partial charge in [-0.05, 0) is 107 Å². The zero-order valence-electron chi connectivity index (χ0n) is 38.1. The largest absolute Gasteiger partial charge is 0.341 e. The molecule has 0 saturated carbocycles. The summed E-state index contributed by atoms with van der Waals surface area (Å²) in [4.78, 5) is 2.45. The minimum absolute atomic E-state index is 0.0324. The highest BCUT2D eigenvalue weighted by molar-refractivity contribution is 5.96. The predicted octanol–water partition coefficient (Wildman–Crippen LogP) is 15.3. The Morgan fingerprint density at radius 2 is 1.34 bits per heavy atom. The van der Waals surface area contributed by atoms with E-state index in [0.717, 1.165) is 63.3 Å². The minimum Gasteiger partial charge on any atom is -0.341 e. The Hall–Kier alpha value is -6.77. The number of nitrogens with one attached hydrogen (secondary N) is 1. The molecule has 1 aliphatic rings. The number of hydrogen-bond acceptors (Lipinski definition) is 4. The van der Waals surface area contributed by atoms with Crippen molar-refractivity contribution in [2.75, 3.05) is 18.5 Å². The van der Waals surface area contributed by atoms with Crippen LogP contribution in [0.3, 0.4) is 0 Å². The van der Waals surface area contributed by atoms with Crippen LogP contribution >= 0.6 is 0 Å². The number of nitriles is 1. The second-order valence-electron chi connectivity index (χ2n) is 13.5. The zero-order chi connectivity index (χ0) is 45.1. The van der Waals surface area contributed by atoms with Gasteiger partial charge in [0.15, 0.2) is 0 Å². The van der Waals surface area contributed by atoms with Crippen molar-refractivity contribution in [1.82, 2.24) is 5.43 Å². The third-order valence-corrected chi connectivity index (χ3v) is 9.71. The first kappa shape index (κ1) is 49.6. The van der Waals surface area contributed by atoms with Gasteiger partial charge in [-0.15, -0.1) is 0 Å². The minimum atomic E-state index is 0.0324. The maximum Gasteiger partial charge on any atom is 0.0991 e. The molecule has 6 aromatic rings. The zero-order valence-corrected chi connectivity index (χ0v) is 38.1. The monoisotopic (exact) mass is 819 g/mol. The van der Waals surface area contributed by atoms with E-state index >= 15 is 0 Å². The van der Waals surface area contributed by atoms with Crippen molar-refractivity contribution >= 4 is 28.6 Å². The molecule has 0 aliphatic carbocycles. The second-order valence-corrected chi connectivity index (χ2v) is 13.5. The summed E-state index contributed by atoms with van der Waals surface area (Å²) in [5, 5.41) is 9.61. The van der Waals surface area contributed by atoms with Gasteiger partial charge in [0, 0.05) is 29.4 Å². The molecule has 1 atom stereocenters. The molecular formula is C58H66N4. The van der Waals surface area contributed by atoms with Gasteiger partial charge in [-0.2, -0.15) is 5.26 Å². The second kappa shape index (κ2) is 27.9. The van der Waals surface area contributed by atoms with Crippen molar-refractivity contribution in [2.24, 2.45) is 5.84 Å². The molecule has 0 amide bonds. The summed E-state index contributed by atoms with van der Waals surface area (Å²) in [5.74, 6) is 4.63. The van der Waals surface area contributed by atoms with Crippen molar-refractivity contribution in [2.45, 2.75) is 60.8 Å². The van der Waals surface area contributed by atoms with E-state index in [1.807, 2.05) is 72.7 Å². The van der Waals surface area contributed by atoms with Gasteiger partial charge in [-0.25, -0.2) is 0 Å². The van der Waals surface area contributed by atoms with Crippen LogP contribution in [0.25, 0.3) is 28.3 Å². The van der Waals surface area contributed by atoms with Crippen molar-refractivity contribution in [1.29, 1.82) is 5.26 Å². The lowest BCUT2D eigenvalue weighted by Gasteiger charge is -2.32. The molecule has 4 nitrogen and oxygen atoms in total. The summed E-state index contributed by atoms with van der Waals surface area (Å²) >= 11 is 0. The summed E-state index contributed by atoms with van der Waals surface area (Å²) in [5.41, 5.74) is 16.4. The average Bonchev–Trinajstić information content (AvgIpc) is 3.34. The van der Waals surface area contributed by atoms with E-state index in [0.29, 0.717) is 5.56 Å². The molecule has 1 unspecified atom stereocenters. The predicted molar refractivity (Wildman–Crippen MR) is 272 cm³/mol. The number of benzene rings is 6. The fourth-order valence-electron chi connectivity index (χ4n) is 7.23. The number of anilines is 2. The summed E-state index contributed by atoms with van der Waals surface area (Å²) < 4.78 is 0. The number of nitrogens with zero attached hydrogens (tertiary/aromatic N) is 2. The third kappa shape index (κ3) is 13.4. The van der Waals surface area contributed by atoms with Gasteiger partial charge in [0.1, 0.15) is 0 Å². The quantitative estimate of drug-likeness (QED) is 0.0660. The van der Waals surface area contributed by atoms with Crippen molar-refractivity contribution in [3.05, 3.63) is 234 Å². The molecule has 0 radical (unpaired) electrons. The molecule has 7 rings (SSSR count). The van der Waals surface area contributed by atoms with Crippen LogP contribution in [0.1, 0.15) is 99.7 Å². The first-order chi connectivity index (χ1) is 30.6. The Morgan fingerprint density at radius 1 is 0.726 bits per heavy atom. The molecule has 62 heavy (non-hydrogen) atoms. The van der Waals surface area contributed by atoms with Crippen molar-refractivity contribution < 1.29 is 0 Å². The van der Waals surface area contributed by atoms with Gasteiger partial charge < -0.3 is 4.90 Å². The maximum absolute atomic E-state index is 9.61. The molecule has 3 N–H and O–H groups in total. The smallest absolute Gasteiger partial charge is 0.0991 e. The van der Waals surface area contributed by atoms with Crippen LogP contribution in [0.5, 0.6) is 0 Å². The summed E-state index contributed by atoms with van der Waals surface area (Å²) in [7, 11) is 1.65. The molecule has 318 valence electrons. The highest BCUT2D eigenvalue weighted by Crippen LogP contribution is 2.46. The van der Waals surface area contributed by atoms with Crippen LogP contribution in [0, 0.1) is 11.3 Å². The van der Waals surface area contributed by atoms with Gasteiger partial charge in [-0.1, -0.05) is 206 Å². The van der Waals surface area contributed by atoms with Gasteiger partial charge in [0.05, 0.1) is 11.6 Å².